The first-order chi connectivity index (χ1) is 8.32. The summed E-state index contributed by atoms with van der Waals surface area (Å²) in [6.45, 7) is 1.00. The standard InChI is InChI=1S/C11H9F3O4/c1-5(15)18-8-4-7(12)11(14)10(13)6(8)2-3-9(16)17/h4H,2-3H2,1H3,(H,16,17). The van der Waals surface area contributed by atoms with Crippen LogP contribution in [0.1, 0.15) is 18.9 Å². The zero-order chi connectivity index (χ0) is 13.9. The Kier molecular flexibility index (Phi) is 4.30. The fourth-order valence-corrected chi connectivity index (χ4v) is 1.32. The van der Waals surface area contributed by atoms with Crippen molar-refractivity contribution in [3.05, 3.63) is 29.1 Å². The van der Waals surface area contributed by atoms with Gasteiger partial charge in [-0.2, -0.15) is 0 Å². The summed E-state index contributed by atoms with van der Waals surface area (Å²) in [6, 6.07) is 0.511. The molecule has 0 atom stereocenters. The van der Waals surface area contributed by atoms with Crippen molar-refractivity contribution in [2.24, 2.45) is 0 Å². The number of carboxylic acids is 1. The van der Waals surface area contributed by atoms with E-state index < -0.39 is 53.5 Å². The monoisotopic (exact) mass is 262 g/mol. The Morgan fingerprint density at radius 3 is 2.39 bits per heavy atom. The van der Waals surface area contributed by atoms with Crippen LogP contribution in [0.2, 0.25) is 0 Å². The number of carbonyl (C=O) groups is 2. The third kappa shape index (κ3) is 3.22. The molecule has 7 heteroatoms. The number of esters is 1. The molecule has 98 valence electrons. The Morgan fingerprint density at radius 1 is 1.28 bits per heavy atom. The molecule has 1 N–H and O–H groups in total. The van der Waals surface area contributed by atoms with E-state index in [0.717, 1.165) is 6.92 Å². The van der Waals surface area contributed by atoms with Crippen LogP contribution < -0.4 is 4.74 Å². The molecule has 0 saturated carbocycles. The van der Waals surface area contributed by atoms with Crippen LogP contribution >= 0.6 is 0 Å². The van der Waals surface area contributed by atoms with Crippen LogP contribution in [-0.2, 0) is 16.0 Å². The Balaban J connectivity index is 3.20. The third-order valence-corrected chi connectivity index (χ3v) is 2.07. The zero-order valence-corrected chi connectivity index (χ0v) is 9.30. The molecule has 0 bridgehead atoms. The van der Waals surface area contributed by atoms with Crippen LogP contribution in [0, 0.1) is 17.5 Å². The zero-order valence-electron chi connectivity index (χ0n) is 9.30. The lowest BCUT2D eigenvalue weighted by atomic mass is 10.1. The maximum absolute atomic E-state index is 13.4. The second-order valence-corrected chi connectivity index (χ2v) is 3.45. The van der Waals surface area contributed by atoms with E-state index in [2.05, 4.69) is 4.74 Å². The molecule has 0 amide bonds. The van der Waals surface area contributed by atoms with Crippen molar-refractivity contribution in [3.63, 3.8) is 0 Å². The fraction of sp³-hybridized carbons (Fsp3) is 0.273. The maximum atomic E-state index is 13.4. The van der Waals surface area contributed by atoms with E-state index in [9.17, 15) is 22.8 Å². The number of hydrogen-bond acceptors (Lipinski definition) is 3. The fourth-order valence-electron chi connectivity index (χ4n) is 1.32. The molecule has 1 rings (SSSR count). The van der Waals surface area contributed by atoms with Gasteiger partial charge in [0.25, 0.3) is 0 Å². The van der Waals surface area contributed by atoms with Crippen molar-refractivity contribution < 1.29 is 32.6 Å². The predicted molar refractivity (Wildman–Crippen MR) is 53.6 cm³/mol. The molecule has 0 unspecified atom stereocenters. The minimum atomic E-state index is -1.73. The number of halogens is 3. The van der Waals surface area contributed by atoms with Gasteiger partial charge in [0.15, 0.2) is 17.5 Å². The van der Waals surface area contributed by atoms with Crippen LogP contribution in [0.4, 0.5) is 13.2 Å². The number of rotatable bonds is 4. The van der Waals surface area contributed by atoms with Gasteiger partial charge in [0.1, 0.15) is 5.75 Å². The van der Waals surface area contributed by atoms with Crippen LogP contribution in [-0.4, -0.2) is 17.0 Å². The van der Waals surface area contributed by atoms with Gasteiger partial charge in [-0.3, -0.25) is 9.59 Å². The number of carbonyl (C=O) groups excluding carboxylic acids is 1. The lowest BCUT2D eigenvalue weighted by Gasteiger charge is -2.10. The van der Waals surface area contributed by atoms with Crippen molar-refractivity contribution >= 4 is 11.9 Å². The summed E-state index contributed by atoms with van der Waals surface area (Å²) in [5.41, 5.74) is -0.480. The molecule has 0 aromatic heterocycles. The van der Waals surface area contributed by atoms with E-state index in [4.69, 9.17) is 5.11 Å². The number of benzene rings is 1. The van der Waals surface area contributed by atoms with E-state index in [-0.39, 0.29) is 0 Å². The summed E-state index contributed by atoms with van der Waals surface area (Å²) in [4.78, 5) is 21.1. The highest BCUT2D eigenvalue weighted by Crippen LogP contribution is 2.27. The largest absolute Gasteiger partial charge is 0.481 e. The number of carboxylic acid groups (broad SMARTS) is 1. The summed E-state index contributed by atoms with van der Waals surface area (Å²) in [6.07, 6.45) is -0.919. The molecule has 4 nitrogen and oxygen atoms in total. The molecule has 0 saturated heterocycles. The highest BCUT2D eigenvalue weighted by molar-refractivity contribution is 5.70. The Morgan fingerprint density at radius 2 is 1.89 bits per heavy atom. The van der Waals surface area contributed by atoms with Crippen molar-refractivity contribution in [1.29, 1.82) is 0 Å². The molecular formula is C11H9F3O4. The van der Waals surface area contributed by atoms with E-state index >= 15 is 0 Å². The van der Waals surface area contributed by atoms with Crippen molar-refractivity contribution in [2.45, 2.75) is 19.8 Å². The third-order valence-electron chi connectivity index (χ3n) is 2.07. The van der Waals surface area contributed by atoms with Crippen LogP contribution in [0.5, 0.6) is 5.75 Å². The molecule has 1 aromatic rings. The normalized spacial score (nSPS) is 10.2. The van der Waals surface area contributed by atoms with Gasteiger partial charge in [-0.05, 0) is 6.42 Å². The lowest BCUT2D eigenvalue weighted by Crippen LogP contribution is -2.09. The highest BCUT2D eigenvalue weighted by Gasteiger charge is 2.21. The van der Waals surface area contributed by atoms with E-state index in [1.807, 2.05) is 0 Å². The molecule has 0 fully saturated rings. The van der Waals surface area contributed by atoms with Gasteiger partial charge in [-0.1, -0.05) is 0 Å². The average molecular weight is 262 g/mol. The second-order valence-electron chi connectivity index (χ2n) is 3.45. The topological polar surface area (TPSA) is 63.6 Å². The Labute approximate surface area is 100.0 Å². The molecule has 0 spiro atoms. The summed E-state index contributed by atoms with van der Waals surface area (Å²) in [7, 11) is 0. The molecule has 0 heterocycles. The minimum Gasteiger partial charge on any atom is -0.481 e. The van der Waals surface area contributed by atoms with Gasteiger partial charge in [0, 0.05) is 25.0 Å². The molecule has 0 aliphatic carbocycles. The first kappa shape index (κ1) is 14.0. The van der Waals surface area contributed by atoms with Crippen LogP contribution in [0.25, 0.3) is 0 Å². The summed E-state index contributed by atoms with van der Waals surface area (Å²) in [5.74, 6) is -7.40. The lowest BCUT2D eigenvalue weighted by molar-refractivity contribution is -0.137. The maximum Gasteiger partial charge on any atom is 0.308 e. The van der Waals surface area contributed by atoms with E-state index in [1.165, 1.54) is 0 Å². The number of hydrogen-bond donors (Lipinski definition) is 1. The van der Waals surface area contributed by atoms with E-state index in [0.29, 0.717) is 6.07 Å². The summed E-state index contributed by atoms with van der Waals surface area (Å²) < 4.78 is 43.9. The molecule has 0 radical (unpaired) electrons. The average Bonchev–Trinajstić information content (AvgIpc) is 2.24. The van der Waals surface area contributed by atoms with Crippen molar-refractivity contribution in [2.75, 3.05) is 0 Å². The summed E-state index contributed by atoms with van der Waals surface area (Å²) >= 11 is 0. The SMILES string of the molecule is CC(=O)Oc1cc(F)c(F)c(F)c1CCC(=O)O. The van der Waals surface area contributed by atoms with Gasteiger partial charge in [0.05, 0.1) is 0 Å². The predicted octanol–water partition coefficient (Wildman–Crippen LogP) is 2.05. The van der Waals surface area contributed by atoms with Gasteiger partial charge >= 0.3 is 11.9 Å². The molecule has 0 aliphatic rings. The molecule has 18 heavy (non-hydrogen) atoms. The first-order valence-corrected chi connectivity index (χ1v) is 4.89. The molecule has 1 aromatic carbocycles. The van der Waals surface area contributed by atoms with Crippen molar-refractivity contribution in [3.8, 4) is 5.75 Å². The first-order valence-electron chi connectivity index (χ1n) is 4.89. The quantitative estimate of drug-likeness (QED) is 0.512. The number of aliphatic carboxylic acids is 1. The minimum absolute atomic E-state index is 0.416. The van der Waals surface area contributed by atoms with E-state index in [1.54, 1.807) is 0 Å². The van der Waals surface area contributed by atoms with Gasteiger partial charge in [0.2, 0.25) is 0 Å². The Hall–Kier alpha value is -2.05. The highest BCUT2D eigenvalue weighted by atomic mass is 19.2. The van der Waals surface area contributed by atoms with Gasteiger partial charge < -0.3 is 9.84 Å². The molecule has 0 aliphatic heterocycles. The summed E-state index contributed by atoms with van der Waals surface area (Å²) in [5, 5.41) is 8.46. The van der Waals surface area contributed by atoms with Crippen molar-refractivity contribution in [1.82, 2.24) is 0 Å². The van der Waals surface area contributed by atoms with Crippen LogP contribution in [0.3, 0.4) is 0 Å². The second kappa shape index (κ2) is 5.52. The Bertz CT molecular complexity index is 500. The smallest absolute Gasteiger partial charge is 0.308 e. The molecular weight excluding hydrogens is 253 g/mol. The van der Waals surface area contributed by atoms with Gasteiger partial charge in [-0.25, -0.2) is 13.2 Å². The van der Waals surface area contributed by atoms with Gasteiger partial charge in [-0.15, -0.1) is 0 Å². The van der Waals surface area contributed by atoms with Crippen LogP contribution in [0.15, 0.2) is 6.07 Å². The number of ether oxygens (including phenoxy) is 1.